The van der Waals surface area contributed by atoms with Gasteiger partial charge in [0.2, 0.25) is 0 Å². The molecule has 0 fully saturated rings. The van der Waals surface area contributed by atoms with Crippen molar-refractivity contribution in [3.05, 3.63) is 14.4 Å². The van der Waals surface area contributed by atoms with E-state index in [1.807, 2.05) is 0 Å². The van der Waals surface area contributed by atoms with Gasteiger partial charge >= 0.3 is 0 Å². The Morgan fingerprint density at radius 3 is 1.83 bits per heavy atom. The molecule has 0 aliphatic rings. The van der Waals surface area contributed by atoms with Gasteiger partial charge in [0, 0.05) is 32.7 Å². The van der Waals surface area contributed by atoms with Crippen LogP contribution in [0.5, 0.6) is 0 Å². The van der Waals surface area contributed by atoms with Gasteiger partial charge in [-0.15, -0.1) is 0 Å². The normalized spacial score (nSPS) is 5.00. The first-order valence-electron chi connectivity index (χ1n) is 0.971. The second kappa shape index (κ2) is 16.6. The van der Waals surface area contributed by atoms with Gasteiger partial charge in [0.25, 0.3) is 0 Å². The first-order valence-corrected chi connectivity index (χ1v) is 0.971. The van der Waals surface area contributed by atoms with E-state index >= 15 is 0 Å². The molecule has 0 aliphatic heterocycles. The zero-order valence-electron chi connectivity index (χ0n) is 3.85. The van der Waals surface area contributed by atoms with E-state index in [0.29, 0.717) is 0 Å². The van der Waals surface area contributed by atoms with Crippen LogP contribution >= 0.6 is 0 Å². The summed E-state index contributed by atoms with van der Waals surface area (Å²) in [5.41, 5.74) is 0. The Morgan fingerprint density at radius 1 is 1.67 bits per heavy atom. The van der Waals surface area contributed by atoms with E-state index in [0.717, 1.165) is 0 Å². The van der Waals surface area contributed by atoms with Crippen molar-refractivity contribution in [3.8, 4) is 0 Å². The molecule has 3 heteroatoms. The van der Waals surface area contributed by atoms with Crippen molar-refractivity contribution in [2.75, 3.05) is 6.61 Å². The van der Waals surface area contributed by atoms with Crippen molar-refractivity contribution in [1.82, 2.24) is 0 Å². The summed E-state index contributed by atoms with van der Waals surface area (Å²) < 4.78 is 0. The SMILES string of the molecule is [CH2-]COO.[CH3-].[Y]. The number of hydrogen-bond donors (Lipinski definition) is 1. The largest absolute Gasteiger partial charge is 0.358 e. The van der Waals surface area contributed by atoms with Gasteiger partial charge in [-0.1, -0.05) is 0 Å². The van der Waals surface area contributed by atoms with E-state index in [1.54, 1.807) is 0 Å². The molecule has 6 heavy (non-hydrogen) atoms. The van der Waals surface area contributed by atoms with Crippen LogP contribution in [0.1, 0.15) is 0 Å². The average Bonchev–Trinajstić information content (AvgIpc) is 1.37. The minimum atomic E-state index is 0. The zero-order chi connectivity index (χ0) is 3.41. The summed E-state index contributed by atoms with van der Waals surface area (Å²) >= 11 is 0. The monoisotopic (exact) mass is 165 g/mol. The number of hydrogen-bond acceptors (Lipinski definition) is 2. The zero-order valence-corrected chi connectivity index (χ0v) is 6.69. The Morgan fingerprint density at radius 2 is 1.83 bits per heavy atom. The van der Waals surface area contributed by atoms with Gasteiger partial charge in [0.15, 0.2) is 0 Å². The molecule has 0 unspecified atom stereocenters. The Kier molecular flexibility index (Phi) is 43.6. The van der Waals surface area contributed by atoms with Crippen LogP contribution in [0.15, 0.2) is 0 Å². The molecule has 0 aromatic heterocycles. The minimum absolute atomic E-state index is 0. The fraction of sp³-hybridized carbons (Fsp3) is 0.333. The maximum Gasteiger partial charge on any atom is 0 e. The van der Waals surface area contributed by atoms with E-state index in [4.69, 9.17) is 5.26 Å². The van der Waals surface area contributed by atoms with Gasteiger partial charge in [-0.2, -0.15) is 0 Å². The molecule has 0 atom stereocenters. The summed E-state index contributed by atoms with van der Waals surface area (Å²) in [6.45, 7) is 3.26. The molecule has 1 N–H and O–H groups in total. The molecule has 37 valence electrons. The van der Waals surface area contributed by atoms with Crippen LogP contribution in [0.3, 0.4) is 0 Å². The second-order valence-corrected chi connectivity index (χ2v) is 0.333. The second-order valence-electron chi connectivity index (χ2n) is 0.333. The van der Waals surface area contributed by atoms with Crippen molar-refractivity contribution in [2.24, 2.45) is 0 Å². The summed E-state index contributed by atoms with van der Waals surface area (Å²) in [5.74, 6) is 0. The van der Waals surface area contributed by atoms with Gasteiger partial charge in [-0.05, 0) is 6.61 Å². The molecule has 0 aliphatic carbocycles. The molecule has 0 saturated heterocycles. The predicted octanol–water partition coefficient (Wildman–Crippen LogP) is 0.758. The predicted molar refractivity (Wildman–Crippen MR) is 20.4 cm³/mol. The minimum Gasteiger partial charge on any atom is -0.358 e. The fourth-order valence-corrected chi connectivity index (χ4v) is 0. The molecule has 0 bridgehead atoms. The average molecular weight is 165 g/mol. The van der Waals surface area contributed by atoms with Crippen molar-refractivity contribution in [1.29, 1.82) is 0 Å². The number of rotatable bonds is 1. The Bertz CT molecular complexity index is 10.8. The van der Waals surface area contributed by atoms with Crippen LogP contribution in [0.25, 0.3) is 0 Å². The van der Waals surface area contributed by atoms with Crippen LogP contribution in [-0.2, 0) is 37.6 Å². The molecule has 0 aromatic rings. The van der Waals surface area contributed by atoms with Gasteiger partial charge in [0.05, 0.1) is 0 Å². The summed E-state index contributed by atoms with van der Waals surface area (Å²) in [7, 11) is 0. The third kappa shape index (κ3) is 19.9. The van der Waals surface area contributed by atoms with Crippen LogP contribution in [0.2, 0.25) is 0 Å². The Hall–Kier alpha value is 1.02. The summed E-state index contributed by atoms with van der Waals surface area (Å²) in [6, 6.07) is 0. The van der Waals surface area contributed by atoms with Crippen LogP contribution in [0, 0.1) is 14.4 Å². The maximum absolute atomic E-state index is 7.31. The first-order chi connectivity index (χ1) is 1.91. The Balaban J connectivity index is -0.0000000450. The standard InChI is InChI=1S/C2H5O2.CH3.Y/c1-2-4-3;;/h3H,1-2H2;1H3;/q2*-1;. The molecule has 0 heterocycles. The summed E-state index contributed by atoms with van der Waals surface area (Å²) in [6.07, 6.45) is 0. The molecule has 1 radical (unpaired) electrons. The van der Waals surface area contributed by atoms with Gasteiger partial charge in [0.1, 0.15) is 0 Å². The molecule has 2 nitrogen and oxygen atoms in total. The first kappa shape index (κ1) is 15.7. The van der Waals surface area contributed by atoms with Crippen molar-refractivity contribution in [3.63, 3.8) is 0 Å². The summed E-state index contributed by atoms with van der Waals surface area (Å²) in [5, 5.41) is 7.31. The van der Waals surface area contributed by atoms with E-state index in [2.05, 4.69) is 11.8 Å². The molecule has 0 amide bonds. The molecule has 0 spiro atoms. The molecule has 0 aromatic carbocycles. The van der Waals surface area contributed by atoms with Gasteiger partial charge in [-0.3, -0.25) is 10.1 Å². The third-order valence-corrected chi connectivity index (χ3v) is 0.0913. The van der Waals surface area contributed by atoms with E-state index in [9.17, 15) is 0 Å². The summed E-state index contributed by atoms with van der Waals surface area (Å²) in [4.78, 5) is 3.43. The van der Waals surface area contributed by atoms with E-state index in [-0.39, 0.29) is 46.7 Å². The smallest absolute Gasteiger partial charge is 0 e. The molecular weight excluding hydrogens is 157 g/mol. The van der Waals surface area contributed by atoms with Crippen LogP contribution in [-0.4, -0.2) is 11.9 Å². The third-order valence-electron chi connectivity index (χ3n) is 0.0913. The van der Waals surface area contributed by atoms with Gasteiger partial charge in [-0.25, -0.2) is 0 Å². The van der Waals surface area contributed by atoms with Crippen LogP contribution in [0.4, 0.5) is 0 Å². The molecule has 0 rings (SSSR count). The van der Waals surface area contributed by atoms with Crippen molar-refractivity contribution < 1.29 is 42.9 Å². The van der Waals surface area contributed by atoms with Crippen molar-refractivity contribution >= 4 is 0 Å². The van der Waals surface area contributed by atoms with Crippen LogP contribution < -0.4 is 0 Å². The molecule has 0 saturated carbocycles. The maximum atomic E-state index is 7.31. The quantitative estimate of drug-likeness (QED) is 0.353. The fourth-order valence-electron chi connectivity index (χ4n) is 0. The van der Waals surface area contributed by atoms with E-state index < -0.39 is 0 Å². The Labute approximate surface area is 63.7 Å². The van der Waals surface area contributed by atoms with Gasteiger partial charge < -0.3 is 14.4 Å². The molecular formula is C3H8O2Y-2. The van der Waals surface area contributed by atoms with Crippen molar-refractivity contribution in [2.45, 2.75) is 0 Å². The van der Waals surface area contributed by atoms with E-state index in [1.165, 1.54) is 0 Å². The topological polar surface area (TPSA) is 29.5 Å².